The SMILES string of the molecule is COC(=O)c1cc(-c2ccc(F)c(F)c2)ncc1N1CCCC(N)(c2cnn(C)c2)C1. The summed E-state index contributed by atoms with van der Waals surface area (Å²) in [5.74, 6) is -2.48. The van der Waals surface area contributed by atoms with Gasteiger partial charge in [0.05, 0.1) is 42.0 Å². The zero-order chi connectivity index (χ0) is 22.2. The highest BCUT2D eigenvalue weighted by molar-refractivity contribution is 5.97. The molecule has 2 N–H and O–H groups in total. The van der Waals surface area contributed by atoms with Crippen molar-refractivity contribution in [3.8, 4) is 11.3 Å². The zero-order valence-electron chi connectivity index (χ0n) is 17.3. The van der Waals surface area contributed by atoms with Gasteiger partial charge in [0.1, 0.15) is 0 Å². The van der Waals surface area contributed by atoms with Gasteiger partial charge in [-0.3, -0.25) is 9.67 Å². The number of methoxy groups -OCH3 is 1. The number of nitrogens with two attached hydrogens (primary N) is 1. The van der Waals surface area contributed by atoms with Gasteiger partial charge in [-0.05, 0) is 37.1 Å². The first-order valence-electron chi connectivity index (χ1n) is 9.87. The Morgan fingerprint density at radius 1 is 1.23 bits per heavy atom. The standard InChI is InChI=1S/C22H23F2N5O2/c1-28-12-15(10-27-28)22(25)6-3-7-29(13-22)20-11-26-19(9-16(20)21(30)31-2)14-4-5-17(23)18(24)8-14/h4-5,8-12H,3,6-7,13,25H2,1-2H3. The summed E-state index contributed by atoms with van der Waals surface area (Å²) in [6, 6.07) is 5.02. The summed E-state index contributed by atoms with van der Waals surface area (Å²) in [5, 5.41) is 4.23. The second-order valence-electron chi connectivity index (χ2n) is 7.79. The van der Waals surface area contributed by atoms with Crippen LogP contribution in [0, 0.1) is 11.6 Å². The molecule has 1 aromatic carbocycles. The maximum Gasteiger partial charge on any atom is 0.340 e. The van der Waals surface area contributed by atoms with E-state index in [1.165, 1.54) is 19.2 Å². The molecule has 0 saturated carbocycles. The number of ether oxygens (including phenoxy) is 1. The molecule has 0 radical (unpaired) electrons. The van der Waals surface area contributed by atoms with E-state index in [0.717, 1.165) is 30.5 Å². The number of nitrogens with zero attached hydrogens (tertiary/aromatic N) is 4. The number of pyridine rings is 1. The van der Waals surface area contributed by atoms with Crippen LogP contribution in [0.4, 0.5) is 14.5 Å². The molecule has 0 amide bonds. The van der Waals surface area contributed by atoms with Crippen molar-refractivity contribution in [2.45, 2.75) is 18.4 Å². The molecule has 2 aromatic heterocycles. The Bertz CT molecular complexity index is 1130. The molecule has 1 atom stereocenters. The lowest BCUT2D eigenvalue weighted by Crippen LogP contribution is -2.52. The fourth-order valence-electron chi connectivity index (χ4n) is 3.99. The van der Waals surface area contributed by atoms with Crippen molar-refractivity contribution in [2.75, 3.05) is 25.1 Å². The summed E-state index contributed by atoms with van der Waals surface area (Å²) in [5.41, 5.74) is 8.58. The van der Waals surface area contributed by atoms with Crippen LogP contribution < -0.4 is 10.6 Å². The van der Waals surface area contributed by atoms with Crippen LogP contribution in [0.3, 0.4) is 0 Å². The molecule has 9 heteroatoms. The number of hydrogen-bond donors (Lipinski definition) is 1. The van der Waals surface area contributed by atoms with Gasteiger partial charge in [-0.2, -0.15) is 5.10 Å². The number of benzene rings is 1. The van der Waals surface area contributed by atoms with E-state index < -0.39 is 23.1 Å². The number of piperidine rings is 1. The molecular weight excluding hydrogens is 404 g/mol. The van der Waals surface area contributed by atoms with Crippen LogP contribution in [0.5, 0.6) is 0 Å². The van der Waals surface area contributed by atoms with Crippen LogP contribution in [0.25, 0.3) is 11.3 Å². The average Bonchev–Trinajstić information content (AvgIpc) is 3.22. The Morgan fingerprint density at radius 2 is 2.03 bits per heavy atom. The normalized spacial score (nSPS) is 18.8. The fourth-order valence-corrected chi connectivity index (χ4v) is 3.99. The molecule has 0 bridgehead atoms. The number of rotatable bonds is 4. The van der Waals surface area contributed by atoms with Gasteiger partial charge in [0, 0.05) is 37.5 Å². The van der Waals surface area contributed by atoms with E-state index in [9.17, 15) is 13.6 Å². The maximum absolute atomic E-state index is 13.7. The number of halogens is 2. The highest BCUT2D eigenvalue weighted by atomic mass is 19.2. The molecule has 0 aliphatic carbocycles. The third-order valence-electron chi connectivity index (χ3n) is 5.65. The van der Waals surface area contributed by atoms with E-state index >= 15 is 0 Å². The predicted octanol–water partition coefficient (Wildman–Crippen LogP) is 3.00. The summed E-state index contributed by atoms with van der Waals surface area (Å²) >= 11 is 0. The highest BCUT2D eigenvalue weighted by Crippen LogP contribution is 2.34. The Kier molecular flexibility index (Phi) is 5.45. The largest absolute Gasteiger partial charge is 0.465 e. The van der Waals surface area contributed by atoms with Crippen molar-refractivity contribution < 1.29 is 18.3 Å². The smallest absolute Gasteiger partial charge is 0.340 e. The average molecular weight is 427 g/mol. The van der Waals surface area contributed by atoms with Gasteiger partial charge in [0.15, 0.2) is 11.6 Å². The summed E-state index contributed by atoms with van der Waals surface area (Å²) in [6.07, 6.45) is 6.81. The van der Waals surface area contributed by atoms with Gasteiger partial charge < -0.3 is 15.4 Å². The predicted molar refractivity (Wildman–Crippen MR) is 111 cm³/mol. The van der Waals surface area contributed by atoms with Gasteiger partial charge in [0.2, 0.25) is 0 Å². The molecule has 7 nitrogen and oxygen atoms in total. The minimum absolute atomic E-state index is 0.285. The van der Waals surface area contributed by atoms with E-state index in [2.05, 4.69) is 10.1 Å². The van der Waals surface area contributed by atoms with Crippen molar-refractivity contribution >= 4 is 11.7 Å². The Balaban J connectivity index is 1.71. The molecule has 1 saturated heterocycles. The van der Waals surface area contributed by atoms with E-state index in [1.807, 2.05) is 18.1 Å². The van der Waals surface area contributed by atoms with E-state index in [0.29, 0.717) is 30.0 Å². The fraction of sp³-hybridized carbons (Fsp3) is 0.318. The van der Waals surface area contributed by atoms with Crippen molar-refractivity contribution in [1.29, 1.82) is 0 Å². The Labute approximate surface area is 178 Å². The second-order valence-corrected chi connectivity index (χ2v) is 7.79. The molecule has 1 unspecified atom stereocenters. The summed E-state index contributed by atoms with van der Waals surface area (Å²) < 4.78 is 33.7. The van der Waals surface area contributed by atoms with Crippen LogP contribution in [0.15, 0.2) is 42.9 Å². The van der Waals surface area contributed by atoms with Crippen molar-refractivity contribution in [1.82, 2.24) is 14.8 Å². The number of carbonyl (C=O) groups is 1. The van der Waals surface area contributed by atoms with E-state index in [4.69, 9.17) is 10.5 Å². The molecule has 3 heterocycles. The quantitative estimate of drug-likeness (QED) is 0.645. The number of esters is 1. The molecule has 1 aliphatic heterocycles. The topological polar surface area (TPSA) is 86.3 Å². The van der Waals surface area contributed by atoms with Gasteiger partial charge in [-0.1, -0.05) is 0 Å². The third kappa shape index (κ3) is 4.00. The van der Waals surface area contributed by atoms with Crippen molar-refractivity contribution in [3.63, 3.8) is 0 Å². The highest BCUT2D eigenvalue weighted by Gasteiger charge is 2.36. The zero-order valence-corrected chi connectivity index (χ0v) is 17.3. The monoisotopic (exact) mass is 427 g/mol. The second kappa shape index (κ2) is 8.07. The number of aryl methyl sites for hydroxylation is 1. The molecular formula is C22H23F2N5O2. The van der Waals surface area contributed by atoms with Gasteiger partial charge >= 0.3 is 5.97 Å². The van der Waals surface area contributed by atoms with Gasteiger partial charge in [-0.25, -0.2) is 13.6 Å². The maximum atomic E-state index is 13.7. The van der Waals surface area contributed by atoms with Crippen LogP contribution >= 0.6 is 0 Å². The molecule has 1 fully saturated rings. The lowest BCUT2D eigenvalue weighted by Gasteiger charge is -2.41. The summed E-state index contributed by atoms with van der Waals surface area (Å²) in [6.45, 7) is 1.16. The lowest BCUT2D eigenvalue weighted by molar-refractivity contribution is 0.0601. The van der Waals surface area contributed by atoms with Crippen molar-refractivity contribution in [2.24, 2.45) is 12.8 Å². The number of hydrogen-bond acceptors (Lipinski definition) is 6. The first-order valence-corrected chi connectivity index (χ1v) is 9.87. The van der Waals surface area contributed by atoms with Crippen molar-refractivity contribution in [3.05, 3.63) is 65.6 Å². The Morgan fingerprint density at radius 3 is 2.71 bits per heavy atom. The van der Waals surface area contributed by atoms with Gasteiger partial charge in [0.25, 0.3) is 0 Å². The minimum Gasteiger partial charge on any atom is -0.465 e. The van der Waals surface area contributed by atoms with Crippen LogP contribution in [-0.2, 0) is 17.3 Å². The molecule has 31 heavy (non-hydrogen) atoms. The van der Waals surface area contributed by atoms with E-state index in [1.54, 1.807) is 17.1 Å². The van der Waals surface area contributed by atoms with E-state index in [-0.39, 0.29) is 5.56 Å². The summed E-state index contributed by atoms with van der Waals surface area (Å²) in [4.78, 5) is 19.0. The molecule has 4 rings (SSSR count). The summed E-state index contributed by atoms with van der Waals surface area (Å²) in [7, 11) is 3.13. The Hall–Kier alpha value is -3.33. The molecule has 1 aliphatic rings. The minimum atomic E-state index is -0.983. The molecule has 0 spiro atoms. The van der Waals surface area contributed by atoms with Crippen LogP contribution in [0.1, 0.15) is 28.8 Å². The molecule has 162 valence electrons. The first kappa shape index (κ1) is 20.9. The first-order chi connectivity index (χ1) is 14.8. The number of carbonyl (C=O) groups excluding carboxylic acids is 1. The molecule has 3 aromatic rings. The lowest BCUT2D eigenvalue weighted by atomic mass is 9.84. The van der Waals surface area contributed by atoms with Gasteiger partial charge in [-0.15, -0.1) is 0 Å². The van der Waals surface area contributed by atoms with Crippen LogP contribution in [-0.4, -0.2) is 40.9 Å². The third-order valence-corrected chi connectivity index (χ3v) is 5.65. The van der Waals surface area contributed by atoms with Crippen LogP contribution in [0.2, 0.25) is 0 Å². The number of anilines is 1. The number of aromatic nitrogens is 3.